The van der Waals surface area contributed by atoms with Gasteiger partial charge in [-0.05, 0) is 38.5 Å². The average Bonchev–Trinajstić information content (AvgIpc) is 2.41. The summed E-state index contributed by atoms with van der Waals surface area (Å²) >= 11 is 0. The van der Waals surface area contributed by atoms with E-state index in [1.165, 1.54) is 0 Å². The van der Waals surface area contributed by atoms with E-state index in [1.807, 2.05) is 50.2 Å². The van der Waals surface area contributed by atoms with Gasteiger partial charge in [-0.1, -0.05) is 12.1 Å². The molecule has 0 heterocycles. The number of aliphatic hydroxyl groups is 1. The Hall–Kier alpha value is -1.75. The van der Waals surface area contributed by atoms with Gasteiger partial charge < -0.3 is 20.2 Å². The van der Waals surface area contributed by atoms with E-state index < -0.39 is 5.60 Å². The van der Waals surface area contributed by atoms with E-state index in [9.17, 15) is 9.90 Å². The van der Waals surface area contributed by atoms with Crippen LogP contribution in [0.4, 0.5) is 10.5 Å². The molecule has 0 aliphatic carbocycles. The molecule has 0 fully saturated rings. The fraction of sp³-hybridized carbons (Fsp3) is 0.562. The highest BCUT2D eigenvalue weighted by Crippen LogP contribution is 2.12. The monoisotopic (exact) mass is 293 g/mol. The highest BCUT2D eigenvalue weighted by molar-refractivity contribution is 5.74. The fourth-order valence-electron chi connectivity index (χ4n) is 2.00. The van der Waals surface area contributed by atoms with Crippen LogP contribution in [0.1, 0.15) is 26.3 Å². The number of hydrogen-bond acceptors (Lipinski definition) is 3. The quantitative estimate of drug-likeness (QED) is 0.844. The molecule has 2 amide bonds. The van der Waals surface area contributed by atoms with E-state index in [1.54, 1.807) is 18.7 Å². The topological polar surface area (TPSA) is 55.8 Å². The van der Waals surface area contributed by atoms with Crippen molar-refractivity contribution >= 4 is 11.7 Å². The van der Waals surface area contributed by atoms with Crippen LogP contribution < -0.4 is 10.2 Å². The van der Waals surface area contributed by atoms with Gasteiger partial charge in [0.05, 0.1) is 12.1 Å². The Balaban J connectivity index is 2.55. The minimum atomic E-state index is -0.888. The Morgan fingerprint density at radius 3 is 2.24 bits per heavy atom. The molecule has 1 aromatic rings. The highest BCUT2D eigenvalue weighted by Gasteiger charge is 2.20. The van der Waals surface area contributed by atoms with Gasteiger partial charge >= 0.3 is 6.03 Å². The van der Waals surface area contributed by atoms with Gasteiger partial charge in [-0.3, -0.25) is 0 Å². The van der Waals surface area contributed by atoms with Gasteiger partial charge in [-0.25, -0.2) is 4.79 Å². The Morgan fingerprint density at radius 1 is 1.24 bits per heavy atom. The standard InChI is InChI=1S/C16H27N3O2/c1-6-19(12-16(2,3)21)15(20)17-11-13-7-9-14(10-8-13)18(4)5/h7-10,21H,6,11-12H2,1-5H3,(H,17,20). The van der Waals surface area contributed by atoms with Gasteiger partial charge in [0.1, 0.15) is 0 Å². The third-order valence-corrected chi connectivity index (χ3v) is 3.14. The molecular formula is C16H27N3O2. The van der Waals surface area contributed by atoms with Gasteiger partial charge in [-0.15, -0.1) is 0 Å². The molecule has 0 aliphatic rings. The lowest BCUT2D eigenvalue weighted by atomic mass is 10.1. The smallest absolute Gasteiger partial charge is 0.317 e. The van der Waals surface area contributed by atoms with Crippen molar-refractivity contribution in [2.24, 2.45) is 0 Å². The third-order valence-electron chi connectivity index (χ3n) is 3.14. The summed E-state index contributed by atoms with van der Waals surface area (Å²) in [6.45, 7) is 6.65. The summed E-state index contributed by atoms with van der Waals surface area (Å²) in [7, 11) is 3.99. The van der Waals surface area contributed by atoms with Crippen LogP contribution in [0.3, 0.4) is 0 Å². The zero-order valence-corrected chi connectivity index (χ0v) is 13.7. The lowest BCUT2D eigenvalue weighted by Crippen LogP contribution is -2.46. The van der Waals surface area contributed by atoms with Crippen LogP contribution in [0.25, 0.3) is 0 Å². The van der Waals surface area contributed by atoms with Crippen molar-refractivity contribution in [2.75, 3.05) is 32.1 Å². The largest absolute Gasteiger partial charge is 0.389 e. The summed E-state index contributed by atoms with van der Waals surface area (Å²) in [6, 6.07) is 7.89. The van der Waals surface area contributed by atoms with Gasteiger partial charge in [0.2, 0.25) is 0 Å². The van der Waals surface area contributed by atoms with Crippen molar-refractivity contribution in [1.29, 1.82) is 0 Å². The summed E-state index contributed by atoms with van der Waals surface area (Å²) in [6.07, 6.45) is 0. The normalized spacial score (nSPS) is 11.1. The summed E-state index contributed by atoms with van der Waals surface area (Å²) in [5.74, 6) is 0. The zero-order chi connectivity index (χ0) is 16.0. The zero-order valence-electron chi connectivity index (χ0n) is 13.7. The van der Waals surface area contributed by atoms with Crippen LogP contribution in [0.15, 0.2) is 24.3 Å². The summed E-state index contributed by atoms with van der Waals surface area (Å²) in [4.78, 5) is 15.7. The molecule has 5 nitrogen and oxygen atoms in total. The van der Waals surface area contributed by atoms with Crippen molar-refractivity contribution in [3.63, 3.8) is 0 Å². The second-order valence-electron chi connectivity index (χ2n) is 6.05. The molecule has 118 valence electrons. The molecule has 0 spiro atoms. The van der Waals surface area contributed by atoms with E-state index in [-0.39, 0.29) is 6.03 Å². The number of benzene rings is 1. The van der Waals surface area contributed by atoms with Gasteiger partial charge in [0, 0.05) is 32.9 Å². The maximum absolute atomic E-state index is 12.1. The maximum atomic E-state index is 12.1. The van der Waals surface area contributed by atoms with Crippen LogP contribution in [0.2, 0.25) is 0 Å². The molecule has 1 aromatic carbocycles. The van der Waals surface area contributed by atoms with Gasteiger partial charge in [-0.2, -0.15) is 0 Å². The second-order valence-corrected chi connectivity index (χ2v) is 6.05. The van der Waals surface area contributed by atoms with E-state index >= 15 is 0 Å². The van der Waals surface area contributed by atoms with Crippen molar-refractivity contribution < 1.29 is 9.90 Å². The van der Waals surface area contributed by atoms with Crippen LogP contribution in [-0.2, 0) is 6.54 Å². The third kappa shape index (κ3) is 6.04. The Kier molecular flexibility index (Phi) is 6.03. The lowest BCUT2D eigenvalue weighted by molar-refractivity contribution is 0.0480. The number of urea groups is 1. The SMILES string of the molecule is CCN(CC(C)(C)O)C(=O)NCc1ccc(N(C)C)cc1. The van der Waals surface area contributed by atoms with Gasteiger partial charge in [0.15, 0.2) is 0 Å². The number of anilines is 1. The molecule has 0 bridgehead atoms. The molecule has 2 N–H and O–H groups in total. The van der Waals surface area contributed by atoms with Crippen molar-refractivity contribution in [2.45, 2.75) is 32.9 Å². The van der Waals surface area contributed by atoms with Crippen molar-refractivity contribution in [3.05, 3.63) is 29.8 Å². The molecule has 0 saturated carbocycles. The lowest BCUT2D eigenvalue weighted by Gasteiger charge is -2.28. The van der Waals surface area contributed by atoms with Crippen LogP contribution in [0.5, 0.6) is 0 Å². The number of rotatable bonds is 6. The first-order valence-electron chi connectivity index (χ1n) is 7.24. The Bertz CT molecular complexity index is 450. The molecule has 0 radical (unpaired) electrons. The molecule has 21 heavy (non-hydrogen) atoms. The predicted molar refractivity (Wildman–Crippen MR) is 86.5 cm³/mol. The first-order valence-corrected chi connectivity index (χ1v) is 7.24. The summed E-state index contributed by atoms with van der Waals surface area (Å²) in [5.41, 5.74) is 1.29. The fourth-order valence-corrected chi connectivity index (χ4v) is 2.00. The molecule has 0 aliphatic heterocycles. The molecule has 5 heteroatoms. The van der Waals surface area contributed by atoms with Crippen LogP contribution >= 0.6 is 0 Å². The molecular weight excluding hydrogens is 266 g/mol. The Morgan fingerprint density at radius 2 is 1.81 bits per heavy atom. The molecule has 0 unspecified atom stereocenters. The predicted octanol–water partition coefficient (Wildman–Crippen LogP) is 2.05. The van der Waals surface area contributed by atoms with E-state index in [0.29, 0.717) is 19.6 Å². The van der Waals surface area contributed by atoms with Crippen LogP contribution in [-0.4, -0.2) is 48.8 Å². The second kappa shape index (κ2) is 7.31. The summed E-state index contributed by atoms with van der Waals surface area (Å²) in [5, 5.41) is 12.7. The number of carbonyl (C=O) groups is 1. The van der Waals surface area contributed by atoms with E-state index in [2.05, 4.69) is 5.32 Å². The first-order chi connectivity index (χ1) is 9.73. The summed E-state index contributed by atoms with van der Waals surface area (Å²) < 4.78 is 0. The Labute approximate surface area is 127 Å². The molecule has 0 aromatic heterocycles. The van der Waals surface area contributed by atoms with E-state index in [0.717, 1.165) is 11.3 Å². The maximum Gasteiger partial charge on any atom is 0.317 e. The molecule has 1 rings (SSSR count). The minimum Gasteiger partial charge on any atom is -0.389 e. The molecule has 0 saturated heterocycles. The highest BCUT2D eigenvalue weighted by atomic mass is 16.3. The molecule has 0 atom stereocenters. The average molecular weight is 293 g/mol. The van der Waals surface area contributed by atoms with Crippen molar-refractivity contribution in [3.8, 4) is 0 Å². The number of nitrogens with one attached hydrogen (secondary N) is 1. The number of carbonyl (C=O) groups excluding carboxylic acids is 1. The number of hydrogen-bond donors (Lipinski definition) is 2. The first kappa shape index (κ1) is 17.3. The number of nitrogens with zero attached hydrogens (tertiary/aromatic N) is 2. The number of likely N-dealkylation sites (N-methyl/N-ethyl adjacent to an activating group) is 1. The van der Waals surface area contributed by atoms with E-state index in [4.69, 9.17) is 0 Å². The van der Waals surface area contributed by atoms with Crippen molar-refractivity contribution in [1.82, 2.24) is 10.2 Å². The van der Waals surface area contributed by atoms with Crippen LogP contribution in [0, 0.1) is 0 Å². The van der Waals surface area contributed by atoms with Gasteiger partial charge in [0.25, 0.3) is 0 Å². The minimum absolute atomic E-state index is 0.156. The number of amides is 2.